The molecule has 3 heteroatoms. The number of anilines is 1. The normalized spacial score (nSPS) is 22.8. The van der Waals surface area contributed by atoms with Gasteiger partial charge in [0.05, 0.1) is 6.10 Å². The molecule has 20 heavy (non-hydrogen) atoms. The fraction of sp³-hybridized carbons (Fsp3) is 0.647. The molecule has 2 rings (SSSR count). The van der Waals surface area contributed by atoms with E-state index in [0.717, 1.165) is 25.9 Å². The standard InChI is InChI=1S/C17H28N2O/c1-14-7-3-4-10-17(14)19(12-6-11-18)15-8-5-9-16(13-15)20-2/h3-4,7,10,15-16H,5-6,8-9,11-13,18H2,1-2H3. The Morgan fingerprint density at radius 1 is 1.30 bits per heavy atom. The molecule has 0 aliphatic heterocycles. The van der Waals surface area contributed by atoms with Crippen molar-refractivity contribution in [2.24, 2.45) is 5.73 Å². The highest BCUT2D eigenvalue weighted by molar-refractivity contribution is 5.53. The predicted octanol–water partition coefficient (Wildman–Crippen LogP) is 3.11. The maximum Gasteiger partial charge on any atom is 0.0591 e. The lowest BCUT2D eigenvalue weighted by Gasteiger charge is -2.39. The molecule has 3 nitrogen and oxygen atoms in total. The van der Waals surface area contributed by atoms with E-state index in [9.17, 15) is 0 Å². The van der Waals surface area contributed by atoms with Gasteiger partial charge < -0.3 is 15.4 Å². The Bertz CT molecular complexity index is 408. The second-order valence-corrected chi connectivity index (χ2v) is 5.80. The first-order chi connectivity index (χ1) is 9.76. The highest BCUT2D eigenvalue weighted by Gasteiger charge is 2.27. The summed E-state index contributed by atoms with van der Waals surface area (Å²) in [5.41, 5.74) is 8.44. The Kier molecular flexibility index (Phi) is 5.86. The number of para-hydroxylation sites is 1. The summed E-state index contributed by atoms with van der Waals surface area (Å²) in [6.07, 6.45) is 6.31. The van der Waals surface area contributed by atoms with Crippen LogP contribution in [0.1, 0.15) is 37.7 Å². The van der Waals surface area contributed by atoms with Gasteiger partial charge in [0.15, 0.2) is 0 Å². The molecule has 2 N–H and O–H groups in total. The molecule has 1 aromatic rings. The van der Waals surface area contributed by atoms with E-state index in [1.165, 1.54) is 30.5 Å². The summed E-state index contributed by atoms with van der Waals surface area (Å²) in [6.45, 7) is 3.99. The van der Waals surface area contributed by atoms with Crippen molar-refractivity contribution in [3.63, 3.8) is 0 Å². The Balaban J connectivity index is 2.16. The highest BCUT2D eigenvalue weighted by Crippen LogP contribution is 2.30. The van der Waals surface area contributed by atoms with Crippen molar-refractivity contribution in [2.75, 3.05) is 25.1 Å². The number of benzene rings is 1. The van der Waals surface area contributed by atoms with Crippen LogP contribution in [0.25, 0.3) is 0 Å². The smallest absolute Gasteiger partial charge is 0.0591 e. The van der Waals surface area contributed by atoms with Crippen LogP contribution in [0.3, 0.4) is 0 Å². The Morgan fingerprint density at radius 2 is 2.10 bits per heavy atom. The first kappa shape index (κ1) is 15.3. The monoisotopic (exact) mass is 276 g/mol. The van der Waals surface area contributed by atoms with Crippen molar-refractivity contribution in [3.8, 4) is 0 Å². The molecule has 0 radical (unpaired) electrons. The van der Waals surface area contributed by atoms with Gasteiger partial charge >= 0.3 is 0 Å². The van der Waals surface area contributed by atoms with Gasteiger partial charge in [-0.1, -0.05) is 18.2 Å². The summed E-state index contributed by atoms with van der Waals surface area (Å²) >= 11 is 0. The summed E-state index contributed by atoms with van der Waals surface area (Å²) in [6, 6.07) is 9.26. The van der Waals surface area contributed by atoms with Gasteiger partial charge in [-0.05, 0) is 57.2 Å². The number of nitrogens with two attached hydrogens (primary N) is 1. The second kappa shape index (κ2) is 7.65. The average molecular weight is 276 g/mol. The largest absolute Gasteiger partial charge is 0.381 e. The van der Waals surface area contributed by atoms with E-state index in [2.05, 4.69) is 36.1 Å². The van der Waals surface area contributed by atoms with Gasteiger partial charge in [-0.3, -0.25) is 0 Å². The zero-order valence-corrected chi connectivity index (χ0v) is 12.8. The molecule has 2 unspecified atom stereocenters. The SMILES string of the molecule is COC1CCCC(N(CCCN)c2ccccc2C)C1. The molecule has 0 heterocycles. The van der Waals surface area contributed by atoms with Crippen LogP contribution in [0, 0.1) is 6.92 Å². The number of ether oxygens (including phenoxy) is 1. The van der Waals surface area contributed by atoms with E-state index in [0.29, 0.717) is 12.1 Å². The molecule has 1 fully saturated rings. The molecule has 2 atom stereocenters. The van der Waals surface area contributed by atoms with E-state index in [-0.39, 0.29) is 0 Å². The fourth-order valence-electron chi connectivity index (χ4n) is 3.26. The molecular weight excluding hydrogens is 248 g/mol. The van der Waals surface area contributed by atoms with Crippen LogP contribution >= 0.6 is 0 Å². The second-order valence-electron chi connectivity index (χ2n) is 5.80. The minimum absolute atomic E-state index is 0.415. The van der Waals surface area contributed by atoms with Gasteiger partial charge in [-0.25, -0.2) is 0 Å². The molecule has 1 saturated carbocycles. The zero-order chi connectivity index (χ0) is 14.4. The minimum Gasteiger partial charge on any atom is -0.381 e. The maximum absolute atomic E-state index is 5.72. The van der Waals surface area contributed by atoms with E-state index >= 15 is 0 Å². The lowest BCUT2D eigenvalue weighted by Crippen LogP contribution is -2.42. The number of aryl methyl sites for hydroxylation is 1. The van der Waals surface area contributed by atoms with Crippen molar-refractivity contribution in [3.05, 3.63) is 29.8 Å². The third-order valence-electron chi connectivity index (χ3n) is 4.40. The van der Waals surface area contributed by atoms with Crippen LogP contribution < -0.4 is 10.6 Å². The van der Waals surface area contributed by atoms with Gasteiger partial charge in [0.2, 0.25) is 0 Å². The van der Waals surface area contributed by atoms with Gasteiger partial charge in [-0.2, -0.15) is 0 Å². The van der Waals surface area contributed by atoms with Gasteiger partial charge in [0.25, 0.3) is 0 Å². The average Bonchev–Trinajstić information content (AvgIpc) is 2.49. The predicted molar refractivity (Wildman–Crippen MR) is 85.2 cm³/mol. The lowest BCUT2D eigenvalue weighted by molar-refractivity contribution is 0.0630. The fourth-order valence-corrected chi connectivity index (χ4v) is 3.26. The van der Waals surface area contributed by atoms with Gasteiger partial charge in [0, 0.05) is 25.4 Å². The molecule has 0 saturated heterocycles. The lowest BCUT2D eigenvalue weighted by atomic mass is 9.91. The summed E-state index contributed by atoms with van der Waals surface area (Å²) in [7, 11) is 1.84. The topological polar surface area (TPSA) is 38.5 Å². The summed E-state index contributed by atoms with van der Waals surface area (Å²) in [4.78, 5) is 2.56. The van der Waals surface area contributed by atoms with Crippen LogP contribution in [-0.4, -0.2) is 32.3 Å². The van der Waals surface area contributed by atoms with Crippen molar-refractivity contribution >= 4 is 5.69 Å². The van der Waals surface area contributed by atoms with Crippen LogP contribution in [-0.2, 0) is 4.74 Å². The Morgan fingerprint density at radius 3 is 2.80 bits per heavy atom. The van der Waals surface area contributed by atoms with Crippen molar-refractivity contribution in [1.82, 2.24) is 0 Å². The van der Waals surface area contributed by atoms with Gasteiger partial charge in [0.1, 0.15) is 0 Å². The summed E-state index contributed by atoms with van der Waals surface area (Å²) in [5.74, 6) is 0. The van der Waals surface area contributed by atoms with Crippen LogP contribution in [0.15, 0.2) is 24.3 Å². The van der Waals surface area contributed by atoms with Crippen molar-refractivity contribution in [2.45, 2.75) is 51.2 Å². The number of hydrogen-bond acceptors (Lipinski definition) is 3. The zero-order valence-electron chi connectivity index (χ0n) is 12.8. The minimum atomic E-state index is 0.415. The number of hydrogen-bond donors (Lipinski definition) is 1. The summed E-state index contributed by atoms with van der Waals surface area (Å²) in [5, 5.41) is 0. The highest BCUT2D eigenvalue weighted by atomic mass is 16.5. The quantitative estimate of drug-likeness (QED) is 0.867. The van der Waals surface area contributed by atoms with Crippen LogP contribution in [0.4, 0.5) is 5.69 Å². The molecule has 0 spiro atoms. The molecule has 0 amide bonds. The molecule has 112 valence electrons. The molecule has 0 aromatic heterocycles. The Hall–Kier alpha value is -1.06. The number of rotatable bonds is 6. The summed E-state index contributed by atoms with van der Waals surface area (Å²) < 4.78 is 5.59. The molecule has 1 aromatic carbocycles. The first-order valence-electron chi connectivity index (χ1n) is 7.81. The van der Waals surface area contributed by atoms with E-state index in [4.69, 9.17) is 10.5 Å². The molecule has 1 aliphatic carbocycles. The third kappa shape index (κ3) is 3.74. The van der Waals surface area contributed by atoms with Crippen LogP contribution in [0.5, 0.6) is 0 Å². The van der Waals surface area contributed by atoms with Gasteiger partial charge in [-0.15, -0.1) is 0 Å². The number of nitrogens with zero attached hydrogens (tertiary/aromatic N) is 1. The van der Waals surface area contributed by atoms with E-state index < -0.39 is 0 Å². The third-order valence-corrected chi connectivity index (χ3v) is 4.40. The van der Waals surface area contributed by atoms with Crippen molar-refractivity contribution < 1.29 is 4.74 Å². The number of methoxy groups -OCH3 is 1. The van der Waals surface area contributed by atoms with Crippen LogP contribution in [0.2, 0.25) is 0 Å². The molecule has 1 aliphatic rings. The maximum atomic E-state index is 5.72. The van der Waals surface area contributed by atoms with E-state index in [1.54, 1.807) is 0 Å². The molecular formula is C17H28N2O. The van der Waals surface area contributed by atoms with Crippen molar-refractivity contribution in [1.29, 1.82) is 0 Å². The van der Waals surface area contributed by atoms with E-state index in [1.807, 2.05) is 7.11 Å². The molecule has 0 bridgehead atoms. The Labute approximate surface area is 123 Å². The first-order valence-corrected chi connectivity index (χ1v) is 7.81.